The van der Waals surface area contributed by atoms with Crippen molar-refractivity contribution in [1.82, 2.24) is 9.97 Å². The Morgan fingerprint density at radius 1 is 1.21 bits per heavy atom. The zero-order valence-corrected chi connectivity index (χ0v) is 13.3. The van der Waals surface area contributed by atoms with Gasteiger partial charge in [-0.25, -0.2) is 4.98 Å². The summed E-state index contributed by atoms with van der Waals surface area (Å²) in [6.07, 6.45) is 5.04. The lowest BCUT2D eigenvalue weighted by Crippen LogP contribution is -2.10. The first-order chi connectivity index (χ1) is 9.27. The number of ether oxygens (including phenoxy) is 1. The molecular weight excluding hydrogens is 308 g/mol. The van der Waals surface area contributed by atoms with Crippen LogP contribution >= 0.6 is 15.9 Å². The van der Waals surface area contributed by atoms with E-state index in [0.29, 0.717) is 5.95 Å². The number of halogens is 1. The largest absolute Gasteiger partial charge is 0.381 e. The first-order valence-corrected chi connectivity index (χ1v) is 7.65. The summed E-state index contributed by atoms with van der Waals surface area (Å²) in [5.74, 6) is 1.46. The van der Waals surface area contributed by atoms with Gasteiger partial charge in [0, 0.05) is 32.5 Å². The van der Waals surface area contributed by atoms with Gasteiger partial charge in [-0.05, 0) is 35.7 Å². The molecule has 1 aromatic rings. The Morgan fingerprint density at radius 3 is 2.74 bits per heavy atom. The predicted molar refractivity (Wildman–Crippen MR) is 82.7 cm³/mol. The van der Waals surface area contributed by atoms with E-state index in [1.165, 1.54) is 6.42 Å². The van der Waals surface area contributed by atoms with Crippen LogP contribution in [0.2, 0.25) is 0 Å². The molecule has 1 rings (SSSR count). The minimum atomic E-state index is 0.646. The van der Waals surface area contributed by atoms with Crippen LogP contribution in [0.1, 0.15) is 33.1 Å². The first-order valence-electron chi connectivity index (χ1n) is 6.86. The van der Waals surface area contributed by atoms with Crippen molar-refractivity contribution in [2.75, 3.05) is 36.9 Å². The van der Waals surface area contributed by atoms with Gasteiger partial charge in [0.05, 0.1) is 4.47 Å². The first kappa shape index (κ1) is 16.2. The third-order valence-electron chi connectivity index (χ3n) is 2.48. The Labute approximate surface area is 123 Å². The maximum absolute atomic E-state index is 5.51. The van der Waals surface area contributed by atoms with Crippen molar-refractivity contribution in [2.45, 2.75) is 33.1 Å². The smallest absolute Gasteiger partial charge is 0.224 e. The van der Waals surface area contributed by atoms with Gasteiger partial charge < -0.3 is 15.4 Å². The van der Waals surface area contributed by atoms with Crippen molar-refractivity contribution in [3.8, 4) is 0 Å². The van der Waals surface area contributed by atoms with Crippen molar-refractivity contribution >= 4 is 27.7 Å². The van der Waals surface area contributed by atoms with Gasteiger partial charge in [0.15, 0.2) is 0 Å². The van der Waals surface area contributed by atoms with E-state index in [2.05, 4.69) is 43.5 Å². The summed E-state index contributed by atoms with van der Waals surface area (Å²) in [5, 5.41) is 6.38. The molecule has 0 spiro atoms. The van der Waals surface area contributed by atoms with E-state index < -0.39 is 0 Å². The molecule has 0 atom stereocenters. The molecule has 1 aromatic heterocycles. The maximum atomic E-state index is 5.51. The summed E-state index contributed by atoms with van der Waals surface area (Å²) >= 11 is 3.44. The average Bonchev–Trinajstić information content (AvgIpc) is 2.41. The zero-order chi connectivity index (χ0) is 13.9. The van der Waals surface area contributed by atoms with E-state index in [1.54, 1.807) is 6.20 Å². The number of rotatable bonds is 10. The van der Waals surface area contributed by atoms with Crippen LogP contribution in [-0.4, -0.2) is 36.3 Å². The summed E-state index contributed by atoms with van der Waals surface area (Å²) < 4.78 is 6.38. The van der Waals surface area contributed by atoms with Gasteiger partial charge in [-0.3, -0.25) is 0 Å². The minimum Gasteiger partial charge on any atom is -0.381 e. The average molecular weight is 331 g/mol. The fourth-order valence-electron chi connectivity index (χ4n) is 1.46. The second-order valence-corrected chi connectivity index (χ2v) is 5.02. The standard InChI is InChI=1S/C13H23BrN4O/c1-3-5-8-19-9-6-7-16-12-11(14)10-17-13(18-12)15-4-2/h10H,3-9H2,1-2H3,(H2,15,16,17,18). The topological polar surface area (TPSA) is 59.1 Å². The lowest BCUT2D eigenvalue weighted by Gasteiger charge is -2.09. The highest BCUT2D eigenvalue weighted by Gasteiger charge is 2.03. The van der Waals surface area contributed by atoms with E-state index in [4.69, 9.17) is 4.74 Å². The molecule has 0 radical (unpaired) electrons. The van der Waals surface area contributed by atoms with Crippen molar-refractivity contribution in [2.24, 2.45) is 0 Å². The molecule has 0 aromatic carbocycles. The lowest BCUT2D eigenvalue weighted by atomic mass is 10.3. The second kappa shape index (κ2) is 9.97. The van der Waals surface area contributed by atoms with Crippen molar-refractivity contribution < 1.29 is 4.74 Å². The van der Waals surface area contributed by atoms with Crippen LogP contribution in [0, 0.1) is 0 Å². The number of hydrogen-bond donors (Lipinski definition) is 2. The fraction of sp³-hybridized carbons (Fsp3) is 0.692. The molecule has 0 amide bonds. The summed E-state index contributed by atoms with van der Waals surface area (Å²) in [6.45, 7) is 7.49. The molecule has 0 aliphatic carbocycles. The van der Waals surface area contributed by atoms with Crippen molar-refractivity contribution in [1.29, 1.82) is 0 Å². The Bertz CT molecular complexity index is 362. The van der Waals surface area contributed by atoms with Crippen molar-refractivity contribution in [3.63, 3.8) is 0 Å². The van der Waals surface area contributed by atoms with Crippen LogP contribution in [0.25, 0.3) is 0 Å². The van der Waals surface area contributed by atoms with Crippen LogP contribution in [0.5, 0.6) is 0 Å². The summed E-state index contributed by atoms with van der Waals surface area (Å²) in [5.41, 5.74) is 0. The molecule has 0 fully saturated rings. The van der Waals surface area contributed by atoms with Crippen LogP contribution < -0.4 is 10.6 Å². The Morgan fingerprint density at radius 2 is 2.00 bits per heavy atom. The summed E-state index contributed by atoms with van der Waals surface area (Å²) in [6, 6.07) is 0. The summed E-state index contributed by atoms with van der Waals surface area (Å²) in [7, 11) is 0. The van der Waals surface area contributed by atoms with Gasteiger partial charge in [-0.15, -0.1) is 0 Å². The molecule has 19 heavy (non-hydrogen) atoms. The molecule has 0 unspecified atom stereocenters. The van der Waals surface area contributed by atoms with Crippen LogP contribution in [0.4, 0.5) is 11.8 Å². The highest BCUT2D eigenvalue weighted by molar-refractivity contribution is 9.10. The number of hydrogen-bond acceptors (Lipinski definition) is 5. The molecular formula is C13H23BrN4O. The number of nitrogens with one attached hydrogen (secondary N) is 2. The van der Waals surface area contributed by atoms with Gasteiger partial charge in [-0.1, -0.05) is 13.3 Å². The van der Waals surface area contributed by atoms with Gasteiger partial charge in [0.1, 0.15) is 5.82 Å². The zero-order valence-electron chi connectivity index (χ0n) is 11.7. The van der Waals surface area contributed by atoms with E-state index in [9.17, 15) is 0 Å². The SMILES string of the molecule is CCCCOCCCNc1nc(NCC)ncc1Br. The summed E-state index contributed by atoms with van der Waals surface area (Å²) in [4.78, 5) is 8.56. The van der Waals surface area contributed by atoms with Gasteiger partial charge in [0.25, 0.3) is 0 Å². The molecule has 0 aliphatic rings. The van der Waals surface area contributed by atoms with Gasteiger partial charge >= 0.3 is 0 Å². The normalized spacial score (nSPS) is 10.5. The lowest BCUT2D eigenvalue weighted by molar-refractivity contribution is 0.131. The molecule has 2 N–H and O–H groups in total. The third kappa shape index (κ3) is 6.73. The molecule has 0 saturated heterocycles. The third-order valence-corrected chi connectivity index (χ3v) is 3.06. The monoisotopic (exact) mass is 330 g/mol. The fourth-order valence-corrected chi connectivity index (χ4v) is 1.80. The number of unbranched alkanes of at least 4 members (excludes halogenated alkanes) is 1. The second-order valence-electron chi connectivity index (χ2n) is 4.17. The molecule has 1 heterocycles. The van der Waals surface area contributed by atoms with E-state index in [1.807, 2.05) is 6.92 Å². The highest BCUT2D eigenvalue weighted by atomic mass is 79.9. The van der Waals surface area contributed by atoms with E-state index in [-0.39, 0.29) is 0 Å². The van der Waals surface area contributed by atoms with Crippen molar-refractivity contribution in [3.05, 3.63) is 10.7 Å². The molecule has 6 heteroatoms. The van der Waals surface area contributed by atoms with Crippen LogP contribution in [-0.2, 0) is 4.74 Å². The molecule has 0 aliphatic heterocycles. The predicted octanol–water partition coefficient (Wildman–Crippen LogP) is 3.29. The molecule has 0 saturated carbocycles. The Hall–Kier alpha value is -0.880. The number of anilines is 2. The van der Waals surface area contributed by atoms with Crippen LogP contribution in [0.15, 0.2) is 10.7 Å². The minimum absolute atomic E-state index is 0.646. The quantitative estimate of drug-likeness (QED) is 0.644. The Kier molecular flexibility index (Phi) is 8.49. The van der Waals surface area contributed by atoms with E-state index in [0.717, 1.165) is 49.4 Å². The molecule has 108 valence electrons. The highest BCUT2D eigenvalue weighted by Crippen LogP contribution is 2.19. The number of nitrogens with zero attached hydrogens (tertiary/aromatic N) is 2. The molecule has 5 nitrogen and oxygen atoms in total. The molecule has 0 bridgehead atoms. The Balaban J connectivity index is 2.26. The van der Waals surface area contributed by atoms with Gasteiger partial charge in [0.2, 0.25) is 5.95 Å². The number of aromatic nitrogens is 2. The van der Waals surface area contributed by atoms with Gasteiger partial charge in [-0.2, -0.15) is 4.98 Å². The van der Waals surface area contributed by atoms with Crippen LogP contribution in [0.3, 0.4) is 0 Å². The van der Waals surface area contributed by atoms with E-state index >= 15 is 0 Å². The maximum Gasteiger partial charge on any atom is 0.224 e.